The molecule has 5 nitrogen and oxygen atoms in total. The fourth-order valence-electron chi connectivity index (χ4n) is 3.01. The summed E-state index contributed by atoms with van der Waals surface area (Å²) in [6.07, 6.45) is 6.44. The lowest BCUT2D eigenvalue weighted by atomic mass is 10.0. The fourth-order valence-corrected chi connectivity index (χ4v) is 3.56. The van der Waals surface area contributed by atoms with Gasteiger partial charge in [-0.15, -0.1) is 0 Å². The number of benzene rings is 3. The summed E-state index contributed by atoms with van der Waals surface area (Å²) in [7, 11) is 0. The molecule has 3 aromatic rings. The van der Waals surface area contributed by atoms with E-state index in [2.05, 4.69) is 22.7 Å². The highest BCUT2D eigenvalue weighted by atomic mass is 32.2. The average molecular weight is 460 g/mol. The zero-order chi connectivity index (χ0) is 23.1. The van der Waals surface area contributed by atoms with E-state index in [1.807, 2.05) is 72.8 Å². The predicted octanol–water partition coefficient (Wildman–Crippen LogP) is 4.80. The van der Waals surface area contributed by atoms with Crippen LogP contribution < -0.4 is 15.9 Å². The number of ether oxygens (including phenoxy) is 1. The van der Waals surface area contributed by atoms with E-state index in [1.54, 1.807) is 30.1 Å². The third-order valence-corrected chi connectivity index (χ3v) is 5.55. The summed E-state index contributed by atoms with van der Waals surface area (Å²) in [6.45, 7) is 0.632. The first-order chi connectivity index (χ1) is 16.2. The lowest BCUT2D eigenvalue weighted by Gasteiger charge is -2.06. The second-order valence-electron chi connectivity index (χ2n) is 7.32. The molecule has 0 saturated carbocycles. The summed E-state index contributed by atoms with van der Waals surface area (Å²) >= 11 is 1.69. The van der Waals surface area contributed by atoms with E-state index in [-0.39, 0.29) is 11.9 Å². The van der Waals surface area contributed by atoms with Crippen molar-refractivity contribution in [3.63, 3.8) is 0 Å². The van der Waals surface area contributed by atoms with Crippen LogP contribution in [0.25, 0.3) is 6.08 Å². The van der Waals surface area contributed by atoms with Gasteiger partial charge in [-0.2, -0.15) is 16.9 Å². The van der Waals surface area contributed by atoms with Crippen LogP contribution in [0.2, 0.25) is 0 Å². The van der Waals surface area contributed by atoms with Crippen molar-refractivity contribution < 1.29 is 9.53 Å². The third kappa shape index (κ3) is 9.35. The van der Waals surface area contributed by atoms with Crippen molar-refractivity contribution in [1.29, 1.82) is 0 Å². The molecule has 3 N–H and O–H groups in total. The van der Waals surface area contributed by atoms with Crippen molar-refractivity contribution in [3.05, 3.63) is 108 Å². The monoisotopic (exact) mass is 459 g/mol. The van der Waals surface area contributed by atoms with E-state index in [1.165, 1.54) is 5.56 Å². The minimum Gasteiger partial charge on any atom is -0.493 e. The number of thioether (sulfide) groups is 1. The molecule has 0 bridgehead atoms. The number of para-hydroxylation sites is 1. The quantitative estimate of drug-likeness (QED) is 0.232. The molecule has 0 aliphatic heterocycles. The molecule has 6 heteroatoms. The SMILES string of the molecule is NC(/C=C/c1ccc(C(=O)N/N=C/CSCCOc2ccccc2)cc1)Cc1ccccc1. The lowest BCUT2D eigenvalue weighted by Crippen LogP contribution is -2.19. The van der Waals surface area contributed by atoms with Crippen molar-refractivity contribution in [2.45, 2.75) is 12.5 Å². The van der Waals surface area contributed by atoms with Gasteiger partial charge in [0.15, 0.2) is 0 Å². The maximum absolute atomic E-state index is 12.2. The smallest absolute Gasteiger partial charge is 0.271 e. The van der Waals surface area contributed by atoms with Crippen LogP contribution in [0.4, 0.5) is 0 Å². The van der Waals surface area contributed by atoms with Crippen LogP contribution in [0, 0.1) is 0 Å². The molecule has 0 aliphatic carbocycles. The maximum Gasteiger partial charge on any atom is 0.271 e. The summed E-state index contributed by atoms with van der Waals surface area (Å²) in [4.78, 5) is 12.2. The lowest BCUT2D eigenvalue weighted by molar-refractivity contribution is 0.0955. The Hall–Kier alpha value is -3.35. The summed E-state index contributed by atoms with van der Waals surface area (Å²) in [6, 6.07) is 27.2. The molecule has 0 heterocycles. The Morgan fingerprint density at radius 2 is 1.70 bits per heavy atom. The number of carbonyl (C=O) groups excluding carboxylic acids is 1. The Kier molecular flexibility index (Phi) is 10.3. The molecular formula is C27H29N3O2S. The largest absolute Gasteiger partial charge is 0.493 e. The van der Waals surface area contributed by atoms with Gasteiger partial charge in [0.2, 0.25) is 0 Å². The van der Waals surface area contributed by atoms with E-state index in [9.17, 15) is 4.79 Å². The number of nitrogens with two attached hydrogens (primary N) is 1. The number of hydrogen-bond donors (Lipinski definition) is 2. The topological polar surface area (TPSA) is 76.7 Å². The van der Waals surface area contributed by atoms with Crippen LogP contribution in [0.3, 0.4) is 0 Å². The first kappa shape index (κ1) is 24.3. The Morgan fingerprint density at radius 3 is 2.42 bits per heavy atom. The van der Waals surface area contributed by atoms with Crippen LogP contribution in [0.15, 0.2) is 96.1 Å². The van der Waals surface area contributed by atoms with Crippen LogP contribution >= 0.6 is 11.8 Å². The molecule has 3 rings (SSSR count). The van der Waals surface area contributed by atoms with Gasteiger partial charge in [0.25, 0.3) is 5.91 Å². The standard InChI is InChI=1S/C27H29N3O2S/c28-25(21-23-7-3-1-4-8-23)16-13-22-11-14-24(15-12-22)27(31)30-29-17-19-33-20-18-32-26-9-5-2-6-10-26/h1-17,25H,18-21,28H2,(H,30,31)/b16-13+,29-17+. The van der Waals surface area contributed by atoms with Crippen molar-refractivity contribution in [1.82, 2.24) is 5.43 Å². The average Bonchev–Trinajstić information content (AvgIpc) is 2.86. The van der Waals surface area contributed by atoms with Gasteiger partial charge in [-0.25, -0.2) is 5.43 Å². The highest BCUT2D eigenvalue weighted by Crippen LogP contribution is 2.10. The minimum absolute atomic E-state index is 0.0625. The predicted molar refractivity (Wildman–Crippen MR) is 139 cm³/mol. The summed E-state index contributed by atoms with van der Waals surface area (Å²) in [5, 5.41) is 4.01. The van der Waals surface area contributed by atoms with Crippen LogP contribution in [-0.4, -0.2) is 36.3 Å². The number of amides is 1. The Morgan fingerprint density at radius 1 is 1.00 bits per heavy atom. The number of nitrogens with zero attached hydrogens (tertiary/aromatic N) is 1. The second-order valence-corrected chi connectivity index (χ2v) is 8.47. The van der Waals surface area contributed by atoms with Gasteiger partial charge in [0.05, 0.1) is 6.61 Å². The molecular weight excluding hydrogens is 430 g/mol. The van der Waals surface area contributed by atoms with E-state index < -0.39 is 0 Å². The van der Waals surface area contributed by atoms with E-state index in [0.29, 0.717) is 17.9 Å². The van der Waals surface area contributed by atoms with Gasteiger partial charge >= 0.3 is 0 Å². The number of hydrazone groups is 1. The molecule has 0 radical (unpaired) electrons. The highest BCUT2D eigenvalue weighted by Gasteiger charge is 2.04. The van der Waals surface area contributed by atoms with Gasteiger partial charge < -0.3 is 10.5 Å². The van der Waals surface area contributed by atoms with Crippen LogP contribution in [0.5, 0.6) is 5.75 Å². The summed E-state index contributed by atoms with van der Waals surface area (Å²) in [5.41, 5.74) is 11.5. The maximum atomic E-state index is 12.2. The van der Waals surface area contributed by atoms with Gasteiger partial charge in [0.1, 0.15) is 5.75 Å². The molecule has 170 valence electrons. The number of nitrogens with one attached hydrogen (secondary N) is 1. The van der Waals surface area contributed by atoms with E-state index >= 15 is 0 Å². The number of hydrogen-bond acceptors (Lipinski definition) is 5. The molecule has 1 amide bonds. The van der Waals surface area contributed by atoms with E-state index in [4.69, 9.17) is 10.5 Å². The van der Waals surface area contributed by atoms with Gasteiger partial charge in [0, 0.05) is 29.3 Å². The third-order valence-electron chi connectivity index (χ3n) is 4.71. The highest BCUT2D eigenvalue weighted by molar-refractivity contribution is 7.99. The number of carbonyl (C=O) groups is 1. The zero-order valence-electron chi connectivity index (χ0n) is 18.5. The van der Waals surface area contributed by atoms with Crippen molar-refractivity contribution in [2.75, 3.05) is 18.1 Å². The molecule has 1 atom stereocenters. The molecule has 0 spiro atoms. The van der Waals surface area contributed by atoms with Crippen molar-refractivity contribution in [2.24, 2.45) is 10.8 Å². The Bertz CT molecular complexity index is 1020. The van der Waals surface area contributed by atoms with Crippen LogP contribution in [0.1, 0.15) is 21.5 Å². The molecule has 1 unspecified atom stereocenters. The normalized spacial score (nSPS) is 12.2. The molecule has 3 aromatic carbocycles. The van der Waals surface area contributed by atoms with E-state index in [0.717, 1.165) is 23.5 Å². The van der Waals surface area contributed by atoms with Crippen molar-refractivity contribution >= 4 is 30.0 Å². The van der Waals surface area contributed by atoms with Crippen LogP contribution in [-0.2, 0) is 6.42 Å². The first-order valence-corrected chi connectivity index (χ1v) is 12.0. The summed E-state index contributed by atoms with van der Waals surface area (Å²) < 4.78 is 5.63. The first-order valence-electron chi connectivity index (χ1n) is 10.9. The molecule has 0 fully saturated rings. The van der Waals surface area contributed by atoms with Gasteiger partial charge in [-0.3, -0.25) is 4.79 Å². The Labute approximate surface area is 199 Å². The number of rotatable bonds is 12. The minimum atomic E-state index is -0.236. The second kappa shape index (κ2) is 13.9. The zero-order valence-corrected chi connectivity index (χ0v) is 19.3. The Balaban J connectivity index is 1.33. The molecule has 0 aliphatic rings. The molecule has 0 saturated heterocycles. The van der Waals surface area contributed by atoms with Crippen molar-refractivity contribution in [3.8, 4) is 5.75 Å². The fraction of sp³-hybridized carbons (Fsp3) is 0.185. The molecule has 0 aromatic heterocycles. The van der Waals surface area contributed by atoms with Gasteiger partial charge in [-0.1, -0.05) is 72.8 Å². The molecule has 33 heavy (non-hydrogen) atoms. The summed E-state index contributed by atoms with van der Waals surface area (Å²) in [5.74, 6) is 2.18. The van der Waals surface area contributed by atoms with Gasteiger partial charge in [-0.05, 0) is 41.8 Å².